The van der Waals surface area contributed by atoms with Crippen molar-refractivity contribution in [2.45, 2.75) is 13.0 Å². The molecule has 8 nitrogen and oxygen atoms in total. The van der Waals surface area contributed by atoms with E-state index in [1.165, 1.54) is 6.92 Å². The number of hydrogen-bond acceptors (Lipinski definition) is 7. The maximum atomic E-state index is 14.1. The number of hydrogen-bond donors (Lipinski definition) is 1. The monoisotopic (exact) mass is 339 g/mol. The van der Waals surface area contributed by atoms with Crippen LogP contribution in [-0.2, 0) is 9.53 Å². The summed E-state index contributed by atoms with van der Waals surface area (Å²) in [6.07, 6.45) is 0.463. The predicted molar refractivity (Wildman–Crippen MR) is 85.5 cm³/mol. The summed E-state index contributed by atoms with van der Waals surface area (Å²) < 4.78 is 19.4. The number of anilines is 2. The van der Waals surface area contributed by atoms with Crippen molar-refractivity contribution >= 4 is 17.7 Å². The van der Waals surface area contributed by atoms with Gasteiger partial charge in [0, 0.05) is 46.2 Å². The fourth-order valence-electron chi connectivity index (χ4n) is 2.96. The molecule has 3 rings (SSSR count). The topological polar surface area (TPSA) is 82.0 Å². The molecular formula is C15H22FN5O3. The third kappa shape index (κ3) is 3.73. The third-order valence-electron chi connectivity index (χ3n) is 4.25. The van der Waals surface area contributed by atoms with E-state index in [1.54, 1.807) is 9.80 Å². The summed E-state index contributed by atoms with van der Waals surface area (Å²) in [5, 5.41) is 10.1. The molecule has 2 aliphatic rings. The average molecular weight is 339 g/mol. The molecule has 1 aromatic rings. The van der Waals surface area contributed by atoms with Crippen molar-refractivity contribution in [1.82, 2.24) is 14.9 Å². The summed E-state index contributed by atoms with van der Waals surface area (Å²) in [4.78, 5) is 25.2. The van der Waals surface area contributed by atoms with Gasteiger partial charge in [0.05, 0.1) is 25.5 Å². The normalized spacial score (nSPS) is 22.5. The van der Waals surface area contributed by atoms with E-state index in [0.717, 1.165) is 6.20 Å². The Morgan fingerprint density at radius 3 is 2.71 bits per heavy atom. The predicted octanol–water partition coefficient (Wildman–Crippen LogP) is -0.518. The average Bonchev–Trinajstić information content (AvgIpc) is 2.78. The first-order chi connectivity index (χ1) is 11.5. The van der Waals surface area contributed by atoms with Crippen molar-refractivity contribution in [1.29, 1.82) is 0 Å². The first kappa shape index (κ1) is 16.8. The fourth-order valence-corrected chi connectivity index (χ4v) is 2.96. The number of aliphatic hydroxyl groups excluding tert-OH is 1. The van der Waals surface area contributed by atoms with Crippen molar-refractivity contribution < 1.29 is 19.0 Å². The van der Waals surface area contributed by atoms with Gasteiger partial charge in [-0.3, -0.25) is 4.79 Å². The van der Waals surface area contributed by atoms with E-state index in [9.17, 15) is 14.3 Å². The highest BCUT2D eigenvalue weighted by Gasteiger charge is 2.25. The summed E-state index contributed by atoms with van der Waals surface area (Å²) in [5.74, 6) is 0.0686. The Hall–Kier alpha value is -2.00. The van der Waals surface area contributed by atoms with E-state index in [4.69, 9.17) is 4.74 Å². The van der Waals surface area contributed by atoms with Crippen LogP contribution in [0.1, 0.15) is 6.92 Å². The van der Waals surface area contributed by atoms with Gasteiger partial charge in [0.15, 0.2) is 11.6 Å². The minimum atomic E-state index is -0.697. The van der Waals surface area contributed by atoms with Crippen LogP contribution in [0, 0.1) is 5.82 Å². The number of ether oxygens (including phenoxy) is 1. The molecule has 0 radical (unpaired) electrons. The van der Waals surface area contributed by atoms with Crippen LogP contribution in [-0.4, -0.2) is 84.5 Å². The van der Waals surface area contributed by atoms with Gasteiger partial charge in [0.2, 0.25) is 11.9 Å². The maximum absolute atomic E-state index is 14.1. The molecule has 0 aromatic carbocycles. The van der Waals surface area contributed by atoms with Gasteiger partial charge >= 0.3 is 0 Å². The highest BCUT2D eigenvalue weighted by Crippen LogP contribution is 2.21. The quantitative estimate of drug-likeness (QED) is 0.776. The Bertz CT molecular complexity index is 596. The van der Waals surface area contributed by atoms with Crippen LogP contribution >= 0.6 is 0 Å². The maximum Gasteiger partial charge on any atom is 0.227 e. The molecule has 0 bridgehead atoms. The number of β-amino-alcohol motifs (C(OH)–C–C–N with tert-alkyl or cyclic N) is 1. The molecule has 1 N–H and O–H groups in total. The van der Waals surface area contributed by atoms with Gasteiger partial charge in [-0.15, -0.1) is 0 Å². The third-order valence-corrected chi connectivity index (χ3v) is 4.25. The number of aromatic nitrogens is 2. The number of nitrogens with zero attached hydrogens (tertiary/aromatic N) is 5. The Kier molecular flexibility index (Phi) is 5.10. The molecule has 0 saturated carbocycles. The number of carbonyl (C=O) groups is 1. The summed E-state index contributed by atoms with van der Waals surface area (Å²) >= 11 is 0. The SMILES string of the molecule is CC(=O)N1CCN(c2ncc(F)c(N3CCOCC3)n2)CC(O)C1. The van der Waals surface area contributed by atoms with Crippen molar-refractivity contribution in [3.05, 3.63) is 12.0 Å². The highest BCUT2D eigenvalue weighted by molar-refractivity contribution is 5.73. The summed E-state index contributed by atoms with van der Waals surface area (Å²) in [6, 6.07) is 0. The number of morpholine rings is 1. The van der Waals surface area contributed by atoms with E-state index in [2.05, 4.69) is 9.97 Å². The van der Waals surface area contributed by atoms with E-state index < -0.39 is 11.9 Å². The second-order valence-electron chi connectivity index (χ2n) is 6.01. The molecule has 1 atom stereocenters. The molecule has 0 spiro atoms. The molecule has 9 heteroatoms. The Labute approximate surface area is 139 Å². The summed E-state index contributed by atoms with van der Waals surface area (Å²) in [7, 11) is 0. The van der Waals surface area contributed by atoms with Crippen molar-refractivity contribution in [2.75, 3.05) is 62.3 Å². The van der Waals surface area contributed by atoms with Crippen LogP contribution in [0.3, 0.4) is 0 Å². The van der Waals surface area contributed by atoms with Crippen molar-refractivity contribution in [3.8, 4) is 0 Å². The minimum Gasteiger partial charge on any atom is -0.389 e. The zero-order chi connectivity index (χ0) is 17.1. The lowest BCUT2D eigenvalue weighted by Gasteiger charge is -2.29. The smallest absolute Gasteiger partial charge is 0.227 e. The van der Waals surface area contributed by atoms with Gasteiger partial charge in [0.1, 0.15) is 0 Å². The van der Waals surface area contributed by atoms with E-state index in [0.29, 0.717) is 51.9 Å². The lowest BCUT2D eigenvalue weighted by Crippen LogP contribution is -2.38. The fraction of sp³-hybridized carbons (Fsp3) is 0.667. The zero-order valence-electron chi connectivity index (χ0n) is 13.7. The summed E-state index contributed by atoms with van der Waals surface area (Å²) in [5.41, 5.74) is 0. The summed E-state index contributed by atoms with van der Waals surface area (Å²) in [6.45, 7) is 5.26. The molecule has 2 aliphatic heterocycles. The lowest BCUT2D eigenvalue weighted by atomic mass is 10.3. The van der Waals surface area contributed by atoms with E-state index in [1.807, 2.05) is 4.90 Å². The molecule has 24 heavy (non-hydrogen) atoms. The lowest BCUT2D eigenvalue weighted by molar-refractivity contribution is -0.129. The first-order valence-corrected chi connectivity index (χ1v) is 8.08. The van der Waals surface area contributed by atoms with Crippen LogP contribution in [0.2, 0.25) is 0 Å². The molecule has 1 unspecified atom stereocenters. The van der Waals surface area contributed by atoms with Gasteiger partial charge in [-0.2, -0.15) is 4.98 Å². The van der Waals surface area contributed by atoms with Crippen LogP contribution in [0.4, 0.5) is 16.2 Å². The minimum absolute atomic E-state index is 0.0788. The molecule has 2 saturated heterocycles. The Morgan fingerprint density at radius 2 is 2.00 bits per heavy atom. The van der Waals surface area contributed by atoms with Crippen molar-refractivity contribution in [2.24, 2.45) is 0 Å². The number of rotatable bonds is 2. The Morgan fingerprint density at radius 1 is 1.25 bits per heavy atom. The molecule has 132 valence electrons. The van der Waals surface area contributed by atoms with Crippen LogP contribution < -0.4 is 9.80 Å². The van der Waals surface area contributed by atoms with Crippen LogP contribution in [0.5, 0.6) is 0 Å². The number of amides is 1. The molecule has 1 amide bonds. The standard InChI is InChI=1S/C15H22FN5O3/c1-11(22)20-2-3-21(10-12(23)9-20)15-17-8-13(16)14(18-15)19-4-6-24-7-5-19/h8,12,23H,2-7,9-10H2,1H3. The molecule has 1 aromatic heterocycles. The van der Waals surface area contributed by atoms with Crippen LogP contribution in [0.25, 0.3) is 0 Å². The number of halogens is 1. The van der Waals surface area contributed by atoms with Gasteiger partial charge in [-0.1, -0.05) is 0 Å². The van der Waals surface area contributed by atoms with Gasteiger partial charge in [-0.25, -0.2) is 9.37 Å². The Balaban J connectivity index is 1.79. The number of carbonyl (C=O) groups excluding carboxylic acids is 1. The van der Waals surface area contributed by atoms with E-state index in [-0.39, 0.29) is 18.3 Å². The molecular weight excluding hydrogens is 317 g/mol. The zero-order valence-corrected chi connectivity index (χ0v) is 13.7. The van der Waals surface area contributed by atoms with Crippen molar-refractivity contribution in [3.63, 3.8) is 0 Å². The van der Waals surface area contributed by atoms with Gasteiger partial charge in [0.25, 0.3) is 0 Å². The molecule has 0 aliphatic carbocycles. The highest BCUT2D eigenvalue weighted by atomic mass is 19.1. The second-order valence-corrected chi connectivity index (χ2v) is 6.01. The van der Waals surface area contributed by atoms with E-state index >= 15 is 0 Å². The number of aliphatic hydroxyl groups is 1. The van der Waals surface area contributed by atoms with Crippen LogP contribution in [0.15, 0.2) is 6.20 Å². The molecule has 2 fully saturated rings. The molecule has 3 heterocycles. The van der Waals surface area contributed by atoms with Gasteiger partial charge in [-0.05, 0) is 0 Å². The van der Waals surface area contributed by atoms with Gasteiger partial charge < -0.3 is 24.5 Å². The second kappa shape index (κ2) is 7.27. The largest absolute Gasteiger partial charge is 0.389 e. The first-order valence-electron chi connectivity index (χ1n) is 8.08.